The van der Waals surface area contributed by atoms with Crippen LogP contribution in [0.5, 0.6) is 0 Å². The average molecular weight is 312 g/mol. The Bertz CT molecular complexity index is 431. The van der Waals surface area contributed by atoms with E-state index in [4.69, 9.17) is 9.47 Å². The smallest absolute Gasteiger partial charge is 0.272 e. The molecule has 0 bridgehead atoms. The van der Waals surface area contributed by atoms with Gasteiger partial charge in [0, 0.05) is 24.0 Å². The molecular weight excluding hydrogens is 288 g/mol. The lowest BCUT2D eigenvalue weighted by Crippen LogP contribution is -2.43. The van der Waals surface area contributed by atoms with Crippen LogP contribution in [0.3, 0.4) is 0 Å². The molecule has 0 aromatic heterocycles. The van der Waals surface area contributed by atoms with Crippen molar-refractivity contribution < 1.29 is 28.7 Å². The lowest BCUT2D eigenvalue weighted by molar-refractivity contribution is -0.153. The molecule has 124 valence electrons. The Morgan fingerprint density at radius 2 is 0.955 bits per heavy atom. The van der Waals surface area contributed by atoms with Crippen molar-refractivity contribution in [3.63, 3.8) is 0 Å². The van der Waals surface area contributed by atoms with Gasteiger partial charge in [-0.15, -0.1) is 0 Å². The lowest BCUT2D eigenvalue weighted by atomic mass is 9.77. The normalized spacial score (nSPS) is 24.9. The molecule has 1 aliphatic rings. The highest BCUT2D eigenvalue weighted by Crippen LogP contribution is 2.26. The Balaban J connectivity index is 3.00. The molecule has 0 N–H and O–H groups in total. The van der Waals surface area contributed by atoms with Crippen molar-refractivity contribution >= 4 is 23.1 Å². The predicted octanol–water partition coefficient (Wildman–Crippen LogP) is 1.14. The van der Waals surface area contributed by atoms with E-state index in [-0.39, 0.29) is 13.2 Å². The molecule has 22 heavy (non-hydrogen) atoms. The Morgan fingerprint density at radius 1 is 0.636 bits per heavy atom. The quantitative estimate of drug-likeness (QED) is 0.623. The Hall–Kier alpha value is -1.40. The van der Waals surface area contributed by atoms with E-state index in [0.717, 1.165) is 0 Å². The van der Waals surface area contributed by atoms with Crippen LogP contribution in [0.1, 0.15) is 40.5 Å². The zero-order valence-electron chi connectivity index (χ0n) is 13.7. The number of ether oxygens (including phenoxy) is 2. The monoisotopic (exact) mass is 312 g/mol. The van der Waals surface area contributed by atoms with Gasteiger partial charge in [0.15, 0.2) is 0 Å². The Labute approximate surface area is 130 Å². The van der Waals surface area contributed by atoms with E-state index in [1.165, 1.54) is 0 Å². The molecule has 0 aromatic carbocycles. The molecule has 1 aliphatic heterocycles. The van der Waals surface area contributed by atoms with Crippen LogP contribution in [-0.2, 0) is 28.7 Å². The molecular formula is C16H24O6. The van der Waals surface area contributed by atoms with Gasteiger partial charge in [-0.05, 0) is 12.8 Å². The first-order valence-electron chi connectivity index (χ1n) is 7.43. The summed E-state index contributed by atoms with van der Waals surface area (Å²) in [6.45, 7) is 7.61. The summed E-state index contributed by atoms with van der Waals surface area (Å²) in [7, 11) is 0. The number of carbonyl (C=O) groups excluding carboxylic acids is 4. The second-order valence-corrected chi connectivity index (χ2v) is 6.81. The van der Waals surface area contributed by atoms with Gasteiger partial charge in [-0.2, -0.15) is 0 Å². The van der Waals surface area contributed by atoms with Crippen LogP contribution >= 0.6 is 0 Å². The van der Waals surface area contributed by atoms with Gasteiger partial charge in [0.2, 0.25) is 11.6 Å². The molecule has 6 nitrogen and oxygen atoms in total. The van der Waals surface area contributed by atoms with Crippen molar-refractivity contribution in [2.75, 3.05) is 26.4 Å². The van der Waals surface area contributed by atoms with Crippen LogP contribution in [0.25, 0.3) is 0 Å². The van der Waals surface area contributed by atoms with Crippen molar-refractivity contribution in [3.05, 3.63) is 0 Å². The fraction of sp³-hybridized carbons (Fsp3) is 0.750. The molecule has 0 atom stereocenters. The first-order valence-corrected chi connectivity index (χ1v) is 7.43. The minimum atomic E-state index is -1.24. The first-order chi connectivity index (χ1) is 10.1. The highest BCUT2D eigenvalue weighted by Gasteiger charge is 2.42. The third-order valence-corrected chi connectivity index (χ3v) is 3.96. The van der Waals surface area contributed by atoms with Gasteiger partial charge in [-0.25, -0.2) is 0 Å². The van der Waals surface area contributed by atoms with Crippen LogP contribution in [0.2, 0.25) is 0 Å². The van der Waals surface area contributed by atoms with E-state index < -0.39 is 34.0 Å². The summed E-state index contributed by atoms with van der Waals surface area (Å²) < 4.78 is 10.7. The largest absolute Gasteiger partial charge is 0.379 e. The second-order valence-electron chi connectivity index (χ2n) is 6.81. The van der Waals surface area contributed by atoms with Crippen molar-refractivity contribution in [1.82, 2.24) is 0 Å². The van der Waals surface area contributed by atoms with Crippen LogP contribution in [0.15, 0.2) is 0 Å². The molecule has 0 unspecified atom stereocenters. The van der Waals surface area contributed by atoms with Crippen LogP contribution in [0, 0.1) is 10.8 Å². The number of Topliss-reactive ketones (excluding diaryl/α,β-unsaturated/α-hetero) is 4. The van der Waals surface area contributed by atoms with Gasteiger partial charge >= 0.3 is 0 Å². The number of carbonyl (C=O) groups is 4. The van der Waals surface area contributed by atoms with Crippen molar-refractivity contribution in [3.8, 4) is 0 Å². The summed E-state index contributed by atoms with van der Waals surface area (Å²) in [5, 5.41) is 0. The first kappa shape index (κ1) is 18.6. The van der Waals surface area contributed by atoms with Gasteiger partial charge < -0.3 is 9.47 Å². The highest BCUT2D eigenvalue weighted by atomic mass is 16.5. The third-order valence-electron chi connectivity index (χ3n) is 3.96. The van der Waals surface area contributed by atoms with Crippen LogP contribution in [-0.4, -0.2) is 49.6 Å². The van der Waals surface area contributed by atoms with Gasteiger partial charge in [0.05, 0.1) is 13.2 Å². The van der Waals surface area contributed by atoms with E-state index in [1.54, 1.807) is 27.7 Å². The van der Waals surface area contributed by atoms with Gasteiger partial charge in [-0.3, -0.25) is 19.2 Å². The van der Waals surface area contributed by atoms with Crippen molar-refractivity contribution in [2.24, 2.45) is 10.8 Å². The molecule has 0 saturated carbocycles. The summed E-state index contributed by atoms with van der Waals surface area (Å²) in [5.41, 5.74) is -2.08. The molecule has 1 saturated heterocycles. The summed E-state index contributed by atoms with van der Waals surface area (Å²) in [6, 6.07) is 0. The maximum absolute atomic E-state index is 12.2. The number of ketones is 4. The number of hydrogen-bond acceptors (Lipinski definition) is 6. The van der Waals surface area contributed by atoms with E-state index in [2.05, 4.69) is 0 Å². The van der Waals surface area contributed by atoms with Gasteiger partial charge in [0.25, 0.3) is 11.6 Å². The maximum Gasteiger partial charge on any atom is 0.272 e. The predicted molar refractivity (Wildman–Crippen MR) is 78.5 cm³/mol. The number of rotatable bonds is 0. The molecule has 6 heteroatoms. The zero-order valence-corrected chi connectivity index (χ0v) is 13.7. The number of hydrogen-bond donors (Lipinski definition) is 0. The fourth-order valence-corrected chi connectivity index (χ4v) is 2.02. The summed E-state index contributed by atoms with van der Waals surface area (Å²) in [6.07, 6.45) is 0.588. The molecule has 0 spiro atoms. The summed E-state index contributed by atoms with van der Waals surface area (Å²) >= 11 is 0. The standard InChI is InChI=1S/C16H24O6/c1-15(2)5-7-21-9-10-22-8-6-16(3,4)14(20)12(18)11(17)13(15)19/h5-10H2,1-4H3. The highest BCUT2D eigenvalue weighted by molar-refractivity contribution is 6.79. The van der Waals surface area contributed by atoms with Crippen LogP contribution < -0.4 is 0 Å². The second kappa shape index (κ2) is 7.24. The topological polar surface area (TPSA) is 86.7 Å². The molecule has 1 fully saturated rings. The lowest BCUT2D eigenvalue weighted by Gasteiger charge is -2.25. The minimum absolute atomic E-state index is 0.281. The average Bonchev–Trinajstić information content (AvgIpc) is 2.45. The molecule has 0 aromatic rings. The molecule has 0 amide bonds. The fourth-order valence-electron chi connectivity index (χ4n) is 2.02. The van der Waals surface area contributed by atoms with Gasteiger partial charge in [-0.1, -0.05) is 27.7 Å². The Kier molecular flexibility index (Phi) is 6.14. The Morgan fingerprint density at radius 3 is 1.27 bits per heavy atom. The van der Waals surface area contributed by atoms with E-state index in [9.17, 15) is 19.2 Å². The zero-order chi connectivity index (χ0) is 17.0. The molecule has 0 aliphatic carbocycles. The maximum atomic E-state index is 12.2. The van der Waals surface area contributed by atoms with Gasteiger partial charge in [0.1, 0.15) is 0 Å². The van der Waals surface area contributed by atoms with E-state index >= 15 is 0 Å². The van der Waals surface area contributed by atoms with Crippen molar-refractivity contribution in [2.45, 2.75) is 40.5 Å². The SMILES string of the molecule is CC1(C)CCOCCOCCC(C)(C)C(=O)C(=O)C(=O)C1=O. The third kappa shape index (κ3) is 4.55. The summed E-state index contributed by atoms with van der Waals surface area (Å²) in [5.74, 6) is -4.14. The molecule has 1 rings (SSSR count). The van der Waals surface area contributed by atoms with Crippen LogP contribution in [0.4, 0.5) is 0 Å². The molecule has 1 heterocycles. The van der Waals surface area contributed by atoms with Crippen molar-refractivity contribution in [1.29, 1.82) is 0 Å². The van der Waals surface area contributed by atoms with E-state index in [1.807, 2.05) is 0 Å². The van der Waals surface area contributed by atoms with E-state index in [0.29, 0.717) is 26.1 Å². The minimum Gasteiger partial charge on any atom is -0.379 e. The summed E-state index contributed by atoms with van der Waals surface area (Å²) in [4.78, 5) is 48.5. The molecule has 0 radical (unpaired) electrons.